The van der Waals surface area contributed by atoms with E-state index in [4.69, 9.17) is 44.0 Å². The molecule has 1 heterocycles. The first-order chi connectivity index (χ1) is 12.0. The van der Waals surface area contributed by atoms with Crippen LogP contribution in [-0.2, 0) is 0 Å². The molecule has 25 heavy (non-hydrogen) atoms. The number of nitrogens with two attached hydrogens (primary N) is 1. The Kier molecular flexibility index (Phi) is 4.57. The SMILES string of the molecule is N#C/C(=N\Nc1ccc2oc(-c3ccc(Cl)c(Cl)c3)nc2c1)C(=N)N. The van der Waals surface area contributed by atoms with Crippen LogP contribution in [0.2, 0.25) is 10.0 Å². The second-order valence-corrected chi connectivity index (χ2v) is 5.74. The van der Waals surface area contributed by atoms with Crippen LogP contribution in [0, 0.1) is 16.7 Å². The van der Waals surface area contributed by atoms with Crippen molar-refractivity contribution in [2.24, 2.45) is 10.8 Å². The van der Waals surface area contributed by atoms with Crippen LogP contribution in [0.15, 0.2) is 45.9 Å². The number of halogens is 2. The van der Waals surface area contributed by atoms with Crippen LogP contribution in [0.3, 0.4) is 0 Å². The Labute approximate surface area is 152 Å². The Bertz CT molecular complexity index is 1050. The molecule has 0 bridgehead atoms. The maximum atomic E-state index is 8.83. The molecule has 1 aromatic heterocycles. The van der Waals surface area contributed by atoms with E-state index in [1.807, 2.05) is 0 Å². The molecular formula is C16H10Cl2N6O. The molecule has 124 valence electrons. The predicted molar refractivity (Wildman–Crippen MR) is 98.0 cm³/mol. The summed E-state index contributed by atoms with van der Waals surface area (Å²) in [5.41, 5.74) is 10.1. The molecule has 0 amide bonds. The Morgan fingerprint density at radius 3 is 2.72 bits per heavy atom. The number of hydrazone groups is 1. The number of aromatic nitrogens is 1. The average Bonchev–Trinajstić information content (AvgIpc) is 3.01. The standard InChI is InChI=1S/C16H10Cl2N6O/c17-10-3-1-8(5-11(10)18)16-22-12-6-9(2-4-14(12)25-16)23-24-13(7-19)15(20)21/h1-6,23H,(H3,20,21)/b24-13+. The maximum Gasteiger partial charge on any atom is 0.227 e. The summed E-state index contributed by atoms with van der Waals surface area (Å²) in [5, 5.41) is 20.7. The Morgan fingerprint density at radius 1 is 1.24 bits per heavy atom. The lowest BCUT2D eigenvalue weighted by atomic mass is 10.2. The number of hydrogen-bond donors (Lipinski definition) is 3. The second-order valence-electron chi connectivity index (χ2n) is 4.93. The third kappa shape index (κ3) is 3.55. The number of fused-ring (bicyclic) bond motifs is 1. The van der Waals surface area contributed by atoms with E-state index in [0.717, 1.165) is 0 Å². The highest BCUT2D eigenvalue weighted by molar-refractivity contribution is 6.45. The lowest BCUT2D eigenvalue weighted by Gasteiger charge is -2.00. The molecule has 0 aliphatic carbocycles. The van der Waals surface area contributed by atoms with E-state index in [2.05, 4.69) is 15.5 Å². The number of oxazole rings is 1. The van der Waals surface area contributed by atoms with Gasteiger partial charge in [0.05, 0.1) is 15.7 Å². The number of rotatable bonds is 4. The van der Waals surface area contributed by atoms with Gasteiger partial charge in [0.25, 0.3) is 0 Å². The lowest BCUT2D eigenvalue weighted by molar-refractivity contribution is 0.620. The van der Waals surface area contributed by atoms with Gasteiger partial charge in [-0.05, 0) is 36.4 Å². The van der Waals surface area contributed by atoms with Gasteiger partial charge in [0.1, 0.15) is 11.6 Å². The van der Waals surface area contributed by atoms with Gasteiger partial charge in [-0.25, -0.2) is 4.98 Å². The zero-order chi connectivity index (χ0) is 18.0. The normalized spacial score (nSPS) is 11.3. The largest absolute Gasteiger partial charge is 0.436 e. The fourth-order valence-electron chi connectivity index (χ4n) is 2.02. The molecular weight excluding hydrogens is 363 g/mol. The number of amidine groups is 1. The zero-order valence-corrected chi connectivity index (χ0v) is 14.1. The van der Waals surface area contributed by atoms with Gasteiger partial charge in [-0.15, -0.1) is 0 Å². The maximum absolute atomic E-state index is 8.83. The molecule has 0 unspecified atom stereocenters. The van der Waals surface area contributed by atoms with Crippen LogP contribution in [0.4, 0.5) is 5.69 Å². The Morgan fingerprint density at radius 2 is 2.04 bits per heavy atom. The first kappa shape index (κ1) is 16.8. The molecule has 0 aliphatic heterocycles. The minimum atomic E-state index is -0.417. The highest BCUT2D eigenvalue weighted by Gasteiger charge is 2.10. The molecule has 0 saturated heterocycles. The molecule has 9 heteroatoms. The van der Waals surface area contributed by atoms with E-state index in [1.165, 1.54) is 0 Å². The van der Waals surface area contributed by atoms with E-state index in [1.54, 1.807) is 42.5 Å². The van der Waals surface area contributed by atoms with Crippen LogP contribution >= 0.6 is 23.2 Å². The number of nitrogens with zero attached hydrogens (tertiary/aromatic N) is 3. The van der Waals surface area contributed by atoms with Gasteiger partial charge in [0.15, 0.2) is 11.4 Å². The fraction of sp³-hybridized carbons (Fsp3) is 0. The number of benzene rings is 2. The monoisotopic (exact) mass is 372 g/mol. The minimum absolute atomic E-state index is 0.211. The molecule has 0 atom stereocenters. The van der Waals surface area contributed by atoms with E-state index in [-0.39, 0.29) is 5.71 Å². The van der Waals surface area contributed by atoms with Crippen LogP contribution in [0.25, 0.3) is 22.6 Å². The smallest absolute Gasteiger partial charge is 0.227 e. The summed E-state index contributed by atoms with van der Waals surface area (Å²) < 4.78 is 5.71. The molecule has 0 spiro atoms. The summed E-state index contributed by atoms with van der Waals surface area (Å²) in [6, 6.07) is 11.9. The summed E-state index contributed by atoms with van der Waals surface area (Å²) in [7, 11) is 0. The average molecular weight is 373 g/mol. The molecule has 4 N–H and O–H groups in total. The third-order valence-electron chi connectivity index (χ3n) is 3.21. The van der Waals surface area contributed by atoms with Crippen molar-refractivity contribution < 1.29 is 4.42 Å². The number of hydrogen-bond acceptors (Lipinski definition) is 6. The second kappa shape index (κ2) is 6.81. The molecule has 0 radical (unpaired) electrons. The molecule has 0 saturated carbocycles. The summed E-state index contributed by atoms with van der Waals surface area (Å²) >= 11 is 11.9. The zero-order valence-electron chi connectivity index (χ0n) is 12.5. The van der Waals surface area contributed by atoms with Gasteiger partial charge < -0.3 is 10.2 Å². The highest BCUT2D eigenvalue weighted by Crippen LogP contribution is 2.30. The van der Waals surface area contributed by atoms with E-state index in [0.29, 0.717) is 38.3 Å². The van der Waals surface area contributed by atoms with Gasteiger partial charge in [-0.1, -0.05) is 23.2 Å². The summed E-state index contributed by atoms with van der Waals surface area (Å²) in [6.07, 6.45) is 0. The summed E-state index contributed by atoms with van der Waals surface area (Å²) in [4.78, 5) is 4.41. The van der Waals surface area contributed by atoms with Crippen molar-refractivity contribution >= 4 is 51.5 Å². The Balaban J connectivity index is 1.93. The van der Waals surface area contributed by atoms with Crippen molar-refractivity contribution in [2.75, 3.05) is 5.43 Å². The fourth-order valence-corrected chi connectivity index (χ4v) is 2.31. The first-order valence-corrected chi connectivity index (χ1v) is 7.67. The lowest BCUT2D eigenvalue weighted by Crippen LogP contribution is -2.21. The van der Waals surface area contributed by atoms with Gasteiger partial charge >= 0.3 is 0 Å². The number of anilines is 1. The van der Waals surface area contributed by atoms with Gasteiger partial charge in [-0.3, -0.25) is 10.8 Å². The molecule has 2 aromatic carbocycles. The van der Waals surface area contributed by atoms with E-state index >= 15 is 0 Å². The Hall–Kier alpha value is -3.08. The molecule has 3 aromatic rings. The van der Waals surface area contributed by atoms with Gasteiger partial charge in [0.2, 0.25) is 11.6 Å². The highest BCUT2D eigenvalue weighted by atomic mass is 35.5. The summed E-state index contributed by atoms with van der Waals surface area (Å²) in [5.74, 6) is -0.0184. The number of nitriles is 1. The summed E-state index contributed by atoms with van der Waals surface area (Å²) in [6.45, 7) is 0. The van der Waals surface area contributed by atoms with Crippen molar-refractivity contribution in [2.45, 2.75) is 0 Å². The first-order valence-electron chi connectivity index (χ1n) is 6.92. The predicted octanol–water partition coefficient (Wildman–Crippen LogP) is 4.03. The molecule has 7 nitrogen and oxygen atoms in total. The quantitative estimate of drug-likeness (QED) is 0.362. The van der Waals surface area contributed by atoms with E-state index in [9.17, 15) is 0 Å². The van der Waals surface area contributed by atoms with Crippen LogP contribution < -0.4 is 11.2 Å². The topological polar surface area (TPSA) is 124 Å². The van der Waals surface area contributed by atoms with Crippen LogP contribution in [0.5, 0.6) is 0 Å². The van der Waals surface area contributed by atoms with E-state index < -0.39 is 5.84 Å². The van der Waals surface area contributed by atoms with Crippen LogP contribution in [0.1, 0.15) is 0 Å². The van der Waals surface area contributed by atoms with Gasteiger partial charge in [0, 0.05) is 5.56 Å². The van der Waals surface area contributed by atoms with Crippen molar-refractivity contribution in [1.82, 2.24) is 4.98 Å². The molecule has 3 rings (SSSR count). The van der Waals surface area contributed by atoms with Crippen molar-refractivity contribution in [1.29, 1.82) is 10.7 Å². The molecule has 0 fully saturated rings. The van der Waals surface area contributed by atoms with Crippen molar-refractivity contribution in [3.05, 3.63) is 46.4 Å². The molecule has 0 aliphatic rings. The number of nitrogens with one attached hydrogen (secondary N) is 2. The van der Waals surface area contributed by atoms with Crippen molar-refractivity contribution in [3.63, 3.8) is 0 Å². The van der Waals surface area contributed by atoms with Crippen molar-refractivity contribution in [3.8, 4) is 17.5 Å². The van der Waals surface area contributed by atoms with Gasteiger partial charge in [-0.2, -0.15) is 10.4 Å². The van der Waals surface area contributed by atoms with Crippen LogP contribution in [-0.4, -0.2) is 16.5 Å². The minimum Gasteiger partial charge on any atom is -0.436 e. The third-order valence-corrected chi connectivity index (χ3v) is 3.95.